The SMILES string of the molecule is CCNc1nc(SCC(=O)N2CCN(S(=O)(=O)c3ccccc3)CC2)nc2ccccc12. The molecular formula is C22H25N5O3S2. The molecule has 1 N–H and O–H groups in total. The van der Waals surface area contributed by atoms with Crippen LogP contribution >= 0.6 is 11.8 Å². The molecule has 32 heavy (non-hydrogen) atoms. The predicted octanol–water partition coefficient (Wildman–Crippen LogP) is 2.69. The van der Waals surface area contributed by atoms with E-state index >= 15 is 0 Å². The van der Waals surface area contributed by atoms with E-state index in [9.17, 15) is 13.2 Å². The number of benzene rings is 2. The fourth-order valence-electron chi connectivity index (χ4n) is 3.56. The van der Waals surface area contributed by atoms with Crippen molar-refractivity contribution in [1.82, 2.24) is 19.2 Å². The number of nitrogens with zero attached hydrogens (tertiary/aromatic N) is 4. The molecule has 8 nitrogen and oxygen atoms in total. The van der Waals surface area contributed by atoms with Crippen LogP contribution in [0, 0.1) is 0 Å². The highest BCUT2D eigenvalue weighted by atomic mass is 32.2. The molecule has 0 saturated carbocycles. The van der Waals surface area contributed by atoms with Crippen LogP contribution in [0.3, 0.4) is 0 Å². The standard InChI is InChI=1S/C22H25N5O3S2/c1-2-23-21-18-10-6-7-11-19(18)24-22(25-21)31-16-20(28)26-12-14-27(15-13-26)32(29,30)17-8-4-3-5-9-17/h3-11H,2,12-16H2,1H3,(H,23,24,25). The summed E-state index contributed by atoms with van der Waals surface area (Å²) in [6.45, 7) is 4.04. The fraction of sp³-hybridized carbons (Fsp3) is 0.318. The molecule has 3 aromatic rings. The summed E-state index contributed by atoms with van der Waals surface area (Å²) in [5.74, 6) is 0.913. The Balaban J connectivity index is 1.37. The number of fused-ring (bicyclic) bond motifs is 1. The third-order valence-corrected chi connectivity index (χ3v) is 7.97. The lowest BCUT2D eigenvalue weighted by molar-refractivity contribution is -0.129. The molecule has 0 aliphatic carbocycles. The van der Waals surface area contributed by atoms with Gasteiger partial charge in [-0.05, 0) is 31.2 Å². The fourth-order valence-corrected chi connectivity index (χ4v) is 5.76. The Kier molecular flexibility index (Phi) is 6.92. The molecule has 1 aromatic heterocycles. The van der Waals surface area contributed by atoms with Crippen molar-refractivity contribution in [2.75, 3.05) is 43.8 Å². The van der Waals surface area contributed by atoms with Crippen molar-refractivity contribution in [2.45, 2.75) is 17.0 Å². The van der Waals surface area contributed by atoms with Gasteiger partial charge < -0.3 is 10.2 Å². The summed E-state index contributed by atoms with van der Waals surface area (Å²) in [6.07, 6.45) is 0. The van der Waals surface area contributed by atoms with Crippen LogP contribution in [0.25, 0.3) is 10.9 Å². The minimum atomic E-state index is -3.53. The molecule has 1 amide bonds. The van der Waals surface area contributed by atoms with Crippen LogP contribution in [0.15, 0.2) is 64.6 Å². The van der Waals surface area contributed by atoms with E-state index in [4.69, 9.17) is 0 Å². The Morgan fingerprint density at radius 1 is 1.00 bits per heavy atom. The maximum atomic E-state index is 12.8. The van der Waals surface area contributed by atoms with Gasteiger partial charge in [0.1, 0.15) is 5.82 Å². The molecule has 0 spiro atoms. The molecule has 1 aliphatic rings. The van der Waals surface area contributed by atoms with Crippen molar-refractivity contribution in [3.63, 3.8) is 0 Å². The van der Waals surface area contributed by atoms with Crippen LogP contribution < -0.4 is 5.32 Å². The molecule has 0 radical (unpaired) electrons. The van der Waals surface area contributed by atoms with E-state index in [1.54, 1.807) is 35.2 Å². The predicted molar refractivity (Wildman–Crippen MR) is 126 cm³/mol. The monoisotopic (exact) mass is 471 g/mol. The third-order valence-electron chi connectivity index (χ3n) is 5.22. The molecule has 1 saturated heterocycles. The second-order valence-electron chi connectivity index (χ2n) is 7.29. The maximum absolute atomic E-state index is 12.8. The minimum Gasteiger partial charge on any atom is -0.370 e. The van der Waals surface area contributed by atoms with Crippen LogP contribution in [0.4, 0.5) is 5.82 Å². The molecule has 1 fully saturated rings. The van der Waals surface area contributed by atoms with Gasteiger partial charge in [0.25, 0.3) is 0 Å². The van der Waals surface area contributed by atoms with Gasteiger partial charge in [0, 0.05) is 38.1 Å². The molecule has 1 aliphatic heterocycles. The number of rotatable bonds is 7. The number of anilines is 1. The van der Waals surface area contributed by atoms with Crippen LogP contribution in [0.5, 0.6) is 0 Å². The molecule has 0 atom stereocenters. The smallest absolute Gasteiger partial charge is 0.243 e. The number of carbonyl (C=O) groups excluding carboxylic acids is 1. The number of para-hydroxylation sites is 1. The lowest BCUT2D eigenvalue weighted by Crippen LogP contribution is -2.50. The van der Waals surface area contributed by atoms with E-state index < -0.39 is 10.0 Å². The first kappa shape index (κ1) is 22.5. The molecule has 168 valence electrons. The number of aromatic nitrogens is 2. The molecule has 0 unspecified atom stereocenters. The number of carbonyl (C=O) groups is 1. The summed E-state index contributed by atoms with van der Waals surface area (Å²) in [5, 5.41) is 4.74. The molecule has 0 bridgehead atoms. The van der Waals surface area contributed by atoms with Crippen molar-refractivity contribution in [2.24, 2.45) is 0 Å². The van der Waals surface area contributed by atoms with Gasteiger partial charge in [-0.25, -0.2) is 18.4 Å². The average molecular weight is 472 g/mol. The Labute approximate surface area is 192 Å². The Bertz CT molecular complexity index is 1200. The zero-order valence-electron chi connectivity index (χ0n) is 17.8. The van der Waals surface area contributed by atoms with Gasteiger partial charge in [-0.15, -0.1) is 0 Å². The number of amides is 1. The Morgan fingerprint density at radius 2 is 1.69 bits per heavy atom. The number of hydrogen-bond acceptors (Lipinski definition) is 7. The van der Waals surface area contributed by atoms with Gasteiger partial charge in [0.2, 0.25) is 15.9 Å². The minimum absolute atomic E-state index is 0.0477. The molecule has 10 heteroatoms. The van der Waals surface area contributed by atoms with Gasteiger partial charge >= 0.3 is 0 Å². The first-order valence-corrected chi connectivity index (χ1v) is 12.9. The second-order valence-corrected chi connectivity index (χ2v) is 10.2. The third kappa shape index (κ3) is 4.87. The van der Waals surface area contributed by atoms with Gasteiger partial charge in [0.15, 0.2) is 5.16 Å². The summed E-state index contributed by atoms with van der Waals surface area (Å²) in [5.41, 5.74) is 0.827. The van der Waals surface area contributed by atoms with Crippen LogP contribution in [-0.2, 0) is 14.8 Å². The van der Waals surface area contributed by atoms with E-state index in [0.717, 1.165) is 23.3 Å². The lowest BCUT2D eigenvalue weighted by Gasteiger charge is -2.34. The zero-order valence-corrected chi connectivity index (χ0v) is 19.4. The Hall–Kier alpha value is -2.69. The topological polar surface area (TPSA) is 95.5 Å². The average Bonchev–Trinajstić information content (AvgIpc) is 2.83. The van der Waals surface area contributed by atoms with Gasteiger partial charge in [0.05, 0.1) is 16.2 Å². The van der Waals surface area contributed by atoms with Crippen molar-refractivity contribution >= 4 is 44.4 Å². The summed E-state index contributed by atoms with van der Waals surface area (Å²) in [6, 6.07) is 16.2. The highest BCUT2D eigenvalue weighted by Gasteiger charge is 2.30. The summed E-state index contributed by atoms with van der Waals surface area (Å²) in [7, 11) is -3.53. The van der Waals surface area contributed by atoms with Crippen molar-refractivity contribution in [1.29, 1.82) is 0 Å². The van der Waals surface area contributed by atoms with Gasteiger partial charge in [-0.2, -0.15) is 4.31 Å². The number of piperazine rings is 1. The number of nitrogens with one attached hydrogen (secondary N) is 1. The molecule has 4 rings (SSSR count). The first-order chi connectivity index (χ1) is 15.5. The van der Waals surface area contributed by atoms with Crippen LogP contribution in [0.1, 0.15) is 6.92 Å². The van der Waals surface area contributed by atoms with E-state index in [0.29, 0.717) is 18.2 Å². The number of sulfonamides is 1. The number of hydrogen-bond donors (Lipinski definition) is 1. The summed E-state index contributed by atoms with van der Waals surface area (Å²) < 4.78 is 27.0. The quantitative estimate of drug-likeness (QED) is 0.418. The van der Waals surface area contributed by atoms with E-state index in [1.807, 2.05) is 31.2 Å². The highest BCUT2D eigenvalue weighted by Crippen LogP contribution is 2.25. The largest absolute Gasteiger partial charge is 0.370 e. The molecule has 2 heterocycles. The van der Waals surface area contributed by atoms with Gasteiger partial charge in [-0.3, -0.25) is 4.79 Å². The summed E-state index contributed by atoms with van der Waals surface area (Å²) >= 11 is 1.29. The number of thioether (sulfide) groups is 1. The molecular weight excluding hydrogens is 446 g/mol. The highest BCUT2D eigenvalue weighted by molar-refractivity contribution is 7.99. The van der Waals surface area contributed by atoms with E-state index in [1.165, 1.54) is 16.1 Å². The summed E-state index contributed by atoms with van der Waals surface area (Å²) in [4.78, 5) is 23.9. The first-order valence-electron chi connectivity index (χ1n) is 10.5. The maximum Gasteiger partial charge on any atom is 0.243 e. The lowest BCUT2D eigenvalue weighted by atomic mass is 10.2. The second kappa shape index (κ2) is 9.85. The van der Waals surface area contributed by atoms with E-state index in [-0.39, 0.29) is 29.6 Å². The normalized spacial score (nSPS) is 15.1. The van der Waals surface area contributed by atoms with Crippen molar-refractivity contribution in [3.8, 4) is 0 Å². The molecule has 2 aromatic carbocycles. The van der Waals surface area contributed by atoms with Gasteiger partial charge in [-0.1, -0.05) is 42.1 Å². The Morgan fingerprint density at radius 3 is 2.41 bits per heavy atom. The van der Waals surface area contributed by atoms with Crippen molar-refractivity contribution in [3.05, 3.63) is 54.6 Å². The van der Waals surface area contributed by atoms with E-state index in [2.05, 4.69) is 15.3 Å². The van der Waals surface area contributed by atoms with Crippen LogP contribution in [0.2, 0.25) is 0 Å². The van der Waals surface area contributed by atoms with Crippen LogP contribution in [-0.4, -0.2) is 72.0 Å². The zero-order chi connectivity index (χ0) is 22.6. The van der Waals surface area contributed by atoms with Crippen molar-refractivity contribution < 1.29 is 13.2 Å².